The van der Waals surface area contributed by atoms with Crippen LogP contribution in [0.15, 0.2) is 57.6 Å². The van der Waals surface area contributed by atoms with Crippen molar-refractivity contribution in [3.8, 4) is 0 Å². The molecule has 0 aliphatic heterocycles. The molecule has 2 heterocycles. The number of hydrogen-bond acceptors (Lipinski definition) is 7. The van der Waals surface area contributed by atoms with Gasteiger partial charge < -0.3 is 23.2 Å². The second-order valence-electron chi connectivity index (χ2n) is 5.22. The maximum Gasteiger partial charge on any atom is 0.384 e. The molecular formula is C17H19N2O5P. The van der Waals surface area contributed by atoms with Gasteiger partial charge in [-0.25, -0.2) is 4.98 Å². The van der Waals surface area contributed by atoms with Crippen molar-refractivity contribution in [3.05, 3.63) is 65.9 Å². The first-order chi connectivity index (χ1) is 12.1. The van der Waals surface area contributed by atoms with E-state index in [9.17, 15) is 4.57 Å². The Morgan fingerprint density at radius 1 is 1.12 bits per heavy atom. The number of hydrogen-bond donors (Lipinski definition) is 1. The highest BCUT2D eigenvalue weighted by molar-refractivity contribution is 7.62. The summed E-state index contributed by atoms with van der Waals surface area (Å²) in [7, 11) is -0.936. The molecule has 0 aliphatic carbocycles. The number of rotatable bonds is 8. The molecule has 132 valence electrons. The standard InChI is InChI=1S/C17H19N2O5P/c1-21-25(20,22-2)17-16(18-12-14-9-6-10-23-14)24-15(19-17)11-13-7-4-3-5-8-13/h3-10,18H,11-12H2,1-2H3. The number of furan rings is 1. The van der Waals surface area contributed by atoms with Gasteiger partial charge in [-0.1, -0.05) is 30.3 Å². The lowest BCUT2D eigenvalue weighted by molar-refractivity contribution is 0.286. The number of aromatic nitrogens is 1. The fourth-order valence-electron chi connectivity index (χ4n) is 2.33. The van der Waals surface area contributed by atoms with Gasteiger partial charge in [-0.3, -0.25) is 4.57 Å². The minimum Gasteiger partial charge on any atom is -0.467 e. The number of nitrogens with zero attached hydrogens (tertiary/aromatic N) is 1. The van der Waals surface area contributed by atoms with E-state index in [1.165, 1.54) is 14.2 Å². The fraction of sp³-hybridized carbons (Fsp3) is 0.235. The molecule has 0 unspecified atom stereocenters. The van der Waals surface area contributed by atoms with Crippen molar-refractivity contribution in [3.63, 3.8) is 0 Å². The van der Waals surface area contributed by atoms with Crippen molar-refractivity contribution >= 4 is 18.9 Å². The minimum atomic E-state index is -3.56. The molecule has 0 radical (unpaired) electrons. The van der Waals surface area contributed by atoms with Crippen LogP contribution in [0.25, 0.3) is 0 Å². The summed E-state index contributed by atoms with van der Waals surface area (Å²) in [5, 5.41) is 3.04. The number of benzene rings is 1. The molecule has 0 saturated heterocycles. The van der Waals surface area contributed by atoms with Gasteiger partial charge in [-0.2, -0.15) is 0 Å². The van der Waals surface area contributed by atoms with Crippen molar-refractivity contribution < 1.29 is 22.4 Å². The largest absolute Gasteiger partial charge is 0.467 e. The molecule has 8 heteroatoms. The van der Waals surface area contributed by atoms with Gasteiger partial charge in [0, 0.05) is 20.6 Å². The second-order valence-corrected chi connectivity index (χ2v) is 7.37. The Kier molecular flexibility index (Phi) is 5.38. The molecule has 3 rings (SSSR count). The maximum absolute atomic E-state index is 12.8. The molecule has 2 aromatic heterocycles. The van der Waals surface area contributed by atoms with E-state index in [1.807, 2.05) is 36.4 Å². The van der Waals surface area contributed by atoms with Crippen molar-refractivity contribution in [2.24, 2.45) is 0 Å². The van der Waals surface area contributed by atoms with Gasteiger partial charge in [0.2, 0.25) is 17.2 Å². The Bertz CT molecular complexity index is 837. The van der Waals surface area contributed by atoms with Gasteiger partial charge in [0.1, 0.15) is 5.76 Å². The molecule has 0 aliphatic rings. The summed E-state index contributed by atoms with van der Waals surface area (Å²) in [6, 6.07) is 13.3. The average Bonchev–Trinajstić information content (AvgIpc) is 3.30. The molecule has 0 saturated carbocycles. The zero-order valence-electron chi connectivity index (χ0n) is 14.0. The quantitative estimate of drug-likeness (QED) is 0.613. The molecule has 0 amide bonds. The maximum atomic E-state index is 12.8. The molecule has 0 spiro atoms. The number of oxazole rings is 1. The lowest BCUT2D eigenvalue weighted by Crippen LogP contribution is -2.15. The predicted molar refractivity (Wildman–Crippen MR) is 93.0 cm³/mol. The van der Waals surface area contributed by atoms with Gasteiger partial charge in [0.25, 0.3) is 0 Å². The Labute approximate surface area is 145 Å². The SMILES string of the molecule is COP(=O)(OC)c1nc(Cc2ccccc2)oc1NCc1ccco1. The summed E-state index contributed by atoms with van der Waals surface area (Å²) in [6.45, 7) is 0.355. The van der Waals surface area contributed by atoms with Gasteiger partial charge in [0.05, 0.1) is 12.8 Å². The van der Waals surface area contributed by atoms with E-state index >= 15 is 0 Å². The highest BCUT2D eigenvalue weighted by atomic mass is 31.2. The first-order valence-electron chi connectivity index (χ1n) is 7.66. The van der Waals surface area contributed by atoms with Gasteiger partial charge in [0.15, 0.2) is 0 Å². The van der Waals surface area contributed by atoms with Gasteiger partial charge in [-0.05, 0) is 17.7 Å². The van der Waals surface area contributed by atoms with Crippen molar-refractivity contribution in [2.45, 2.75) is 13.0 Å². The van der Waals surface area contributed by atoms with E-state index in [4.69, 9.17) is 17.9 Å². The van der Waals surface area contributed by atoms with Crippen LogP contribution in [0.3, 0.4) is 0 Å². The third-order valence-electron chi connectivity index (χ3n) is 3.60. The molecule has 0 fully saturated rings. The molecule has 1 N–H and O–H groups in total. The molecule has 7 nitrogen and oxygen atoms in total. The van der Waals surface area contributed by atoms with Crippen LogP contribution in [0.4, 0.5) is 5.88 Å². The van der Waals surface area contributed by atoms with Crippen LogP contribution < -0.4 is 10.8 Å². The molecule has 25 heavy (non-hydrogen) atoms. The van der Waals surface area contributed by atoms with Crippen molar-refractivity contribution in [2.75, 3.05) is 19.5 Å². The smallest absolute Gasteiger partial charge is 0.384 e. The molecular weight excluding hydrogens is 343 g/mol. The topological polar surface area (TPSA) is 86.7 Å². The summed E-state index contributed by atoms with van der Waals surface area (Å²) < 4.78 is 33.9. The fourth-order valence-corrected chi connectivity index (χ4v) is 3.43. The highest BCUT2D eigenvalue weighted by Gasteiger charge is 2.34. The summed E-state index contributed by atoms with van der Waals surface area (Å²) in [5.74, 6) is 1.36. The van der Waals surface area contributed by atoms with E-state index in [0.29, 0.717) is 24.6 Å². The zero-order chi connectivity index (χ0) is 17.7. The number of nitrogens with one attached hydrogen (secondary N) is 1. The lowest BCUT2D eigenvalue weighted by Gasteiger charge is -2.11. The monoisotopic (exact) mass is 362 g/mol. The number of anilines is 1. The van der Waals surface area contributed by atoms with Crippen LogP contribution in [0, 0.1) is 0 Å². The summed E-state index contributed by atoms with van der Waals surface area (Å²) in [6.07, 6.45) is 2.04. The predicted octanol–water partition coefficient (Wildman–Crippen LogP) is 3.58. The third kappa shape index (κ3) is 4.02. The summed E-state index contributed by atoms with van der Waals surface area (Å²) >= 11 is 0. The van der Waals surface area contributed by atoms with E-state index in [2.05, 4.69) is 10.3 Å². The van der Waals surface area contributed by atoms with Crippen molar-refractivity contribution in [1.29, 1.82) is 0 Å². The molecule has 1 aromatic carbocycles. The Balaban J connectivity index is 1.89. The van der Waals surface area contributed by atoms with E-state index in [1.54, 1.807) is 12.3 Å². The molecule has 0 atom stereocenters. The van der Waals surface area contributed by atoms with Crippen molar-refractivity contribution in [1.82, 2.24) is 4.98 Å². The normalized spacial score (nSPS) is 11.6. The molecule has 3 aromatic rings. The molecule has 0 bridgehead atoms. The van der Waals surface area contributed by atoms with Gasteiger partial charge >= 0.3 is 7.60 Å². The van der Waals surface area contributed by atoms with Crippen LogP contribution >= 0.6 is 7.60 Å². The van der Waals surface area contributed by atoms with Crippen LogP contribution in [-0.2, 0) is 26.6 Å². The first-order valence-corrected chi connectivity index (χ1v) is 9.21. The van der Waals surface area contributed by atoms with Crippen LogP contribution in [0.2, 0.25) is 0 Å². The van der Waals surface area contributed by atoms with E-state index in [0.717, 1.165) is 5.56 Å². The first kappa shape index (κ1) is 17.5. The van der Waals surface area contributed by atoms with Crippen LogP contribution in [0.1, 0.15) is 17.2 Å². The van der Waals surface area contributed by atoms with E-state index in [-0.39, 0.29) is 11.3 Å². The minimum absolute atomic E-state index is 0.120. The van der Waals surface area contributed by atoms with Crippen LogP contribution in [0.5, 0.6) is 0 Å². The highest BCUT2D eigenvalue weighted by Crippen LogP contribution is 2.47. The second kappa shape index (κ2) is 7.70. The summed E-state index contributed by atoms with van der Waals surface area (Å²) in [5.41, 5.74) is 1.15. The van der Waals surface area contributed by atoms with E-state index < -0.39 is 7.60 Å². The lowest BCUT2D eigenvalue weighted by atomic mass is 10.2. The Hall–Kier alpha value is -2.34. The van der Waals surface area contributed by atoms with Gasteiger partial charge in [-0.15, -0.1) is 0 Å². The average molecular weight is 362 g/mol. The Morgan fingerprint density at radius 2 is 1.88 bits per heavy atom. The third-order valence-corrected chi connectivity index (χ3v) is 5.38. The summed E-state index contributed by atoms with van der Waals surface area (Å²) in [4.78, 5) is 4.35. The van der Waals surface area contributed by atoms with Crippen LogP contribution in [-0.4, -0.2) is 19.2 Å². The zero-order valence-corrected chi connectivity index (χ0v) is 14.9. The Morgan fingerprint density at radius 3 is 2.52 bits per heavy atom.